The van der Waals surface area contributed by atoms with Crippen molar-refractivity contribution in [1.82, 2.24) is 14.9 Å². The summed E-state index contributed by atoms with van der Waals surface area (Å²) in [5.41, 5.74) is 1.89. The molecule has 1 aliphatic heterocycles. The molecule has 5 nitrogen and oxygen atoms in total. The van der Waals surface area contributed by atoms with Crippen molar-refractivity contribution in [3.05, 3.63) is 46.0 Å². The molecule has 0 amide bonds. The number of halogens is 1. The third kappa shape index (κ3) is 3.11. The van der Waals surface area contributed by atoms with Gasteiger partial charge in [0.05, 0.1) is 0 Å². The predicted octanol–water partition coefficient (Wildman–Crippen LogP) is 3.48. The third-order valence-electron chi connectivity index (χ3n) is 4.34. The minimum absolute atomic E-state index is 0.244. The van der Waals surface area contributed by atoms with Gasteiger partial charge >= 0.3 is 0 Å². The van der Waals surface area contributed by atoms with E-state index < -0.39 is 0 Å². The van der Waals surface area contributed by atoms with Gasteiger partial charge in [-0.3, -0.25) is 9.88 Å². The van der Waals surface area contributed by atoms with E-state index in [0.29, 0.717) is 5.52 Å². The van der Waals surface area contributed by atoms with Crippen LogP contribution in [0.3, 0.4) is 0 Å². The van der Waals surface area contributed by atoms with Crippen LogP contribution >= 0.6 is 27.3 Å². The molecular weight excluding hydrogens is 388 g/mol. The molecule has 124 valence electrons. The number of hydrogen-bond donors (Lipinski definition) is 1. The molecule has 4 rings (SSSR count). The summed E-state index contributed by atoms with van der Waals surface area (Å²) in [6, 6.07) is 7.70. The molecule has 0 spiro atoms. The summed E-state index contributed by atoms with van der Waals surface area (Å²) >= 11 is 5.10. The van der Waals surface area contributed by atoms with E-state index >= 15 is 0 Å². The number of hydrogen-bond acceptors (Lipinski definition) is 6. The molecule has 0 unspecified atom stereocenters. The van der Waals surface area contributed by atoms with Crippen LogP contribution in [-0.4, -0.2) is 46.2 Å². The van der Waals surface area contributed by atoms with Crippen molar-refractivity contribution >= 4 is 43.3 Å². The van der Waals surface area contributed by atoms with Crippen LogP contribution in [0, 0.1) is 0 Å². The van der Waals surface area contributed by atoms with Gasteiger partial charge in [0.25, 0.3) is 0 Å². The van der Waals surface area contributed by atoms with Crippen molar-refractivity contribution in [2.75, 3.05) is 31.1 Å². The van der Waals surface area contributed by atoms with Crippen LogP contribution in [0.4, 0.5) is 5.13 Å². The molecule has 0 atom stereocenters. The van der Waals surface area contributed by atoms with Crippen LogP contribution in [-0.2, 0) is 6.54 Å². The number of pyridine rings is 1. The van der Waals surface area contributed by atoms with E-state index in [9.17, 15) is 5.11 Å². The number of fused-ring (bicyclic) bond motifs is 1. The van der Waals surface area contributed by atoms with E-state index in [4.69, 9.17) is 0 Å². The lowest BCUT2D eigenvalue weighted by atomic mass is 10.1. The first kappa shape index (κ1) is 15.8. The molecule has 0 bridgehead atoms. The lowest BCUT2D eigenvalue weighted by Crippen LogP contribution is -2.45. The van der Waals surface area contributed by atoms with Crippen molar-refractivity contribution in [3.63, 3.8) is 0 Å². The van der Waals surface area contributed by atoms with Gasteiger partial charge in [0, 0.05) is 49.7 Å². The number of aromatic hydroxyl groups is 1. The lowest BCUT2D eigenvalue weighted by Gasteiger charge is -2.34. The number of rotatable bonds is 3. The Bertz CT molecular complexity index is 861. The largest absolute Gasteiger partial charge is 0.506 e. The Kier molecular flexibility index (Phi) is 4.39. The first-order chi connectivity index (χ1) is 11.7. The van der Waals surface area contributed by atoms with Crippen molar-refractivity contribution in [3.8, 4) is 5.75 Å². The van der Waals surface area contributed by atoms with Gasteiger partial charge in [0.2, 0.25) is 0 Å². The summed E-state index contributed by atoms with van der Waals surface area (Å²) in [5.74, 6) is 0.244. The van der Waals surface area contributed by atoms with E-state index in [1.807, 2.05) is 23.6 Å². The quantitative estimate of drug-likeness (QED) is 0.723. The SMILES string of the molecule is Oc1ccc(CN2CCN(c3nc(Br)cs3)CC2)c2cccnc12. The number of phenolic OH excluding ortho intramolecular Hbond substituents is 1. The molecular formula is C17H17BrN4OS. The minimum Gasteiger partial charge on any atom is -0.506 e. The number of phenols is 1. The maximum absolute atomic E-state index is 9.97. The molecule has 0 aliphatic carbocycles. The fourth-order valence-corrected chi connectivity index (χ4v) is 4.39. The van der Waals surface area contributed by atoms with Gasteiger partial charge in [-0.25, -0.2) is 4.98 Å². The maximum atomic E-state index is 9.97. The summed E-state index contributed by atoms with van der Waals surface area (Å²) in [6.07, 6.45) is 1.72. The zero-order chi connectivity index (χ0) is 16.5. The Balaban J connectivity index is 1.47. The van der Waals surface area contributed by atoms with Crippen LogP contribution in [0.15, 0.2) is 40.4 Å². The second-order valence-corrected chi connectivity index (χ2v) is 7.51. The second-order valence-electron chi connectivity index (χ2n) is 5.86. The van der Waals surface area contributed by atoms with Crippen molar-refractivity contribution in [2.24, 2.45) is 0 Å². The molecule has 2 aromatic heterocycles. The summed E-state index contributed by atoms with van der Waals surface area (Å²) in [4.78, 5) is 13.6. The van der Waals surface area contributed by atoms with Gasteiger partial charge in [-0.2, -0.15) is 0 Å². The van der Waals surface area contributed by atoms with Gasteiger partial charge in [0.15, 0.2) is 5.13 Å². The monoisotopic (exact) mass is 404 g/mol. The smallest absolute Gasteiger partial charge is 0.186 e. The Labute approximate surface area is 152 Å². The highest BCUT2D eigenvalue weighted by atomic mass is 79.9. The molecule has 3 heterocycles. The van der Waals surface area contributed by atoms with Crippen LogP contribution in [0.25, 0.3) is 10.9 Å². The first-order valence-electron chi connectivity index (χ1n) is 7.84. The average Bonchev–Trinajstić information content (AvgIpc) is 3.05. The van der Waals surface area contributed by atoms with E-state index in [1.54, 1.807) is 23.6 Å². The fourth-order valence-electron chi connectivity index (χ4n) is 3.08. The number of benzene rings is 1. The molecule has 7 heteroatoms. The summed E-state index contributed by atoms with van der Waals surface area (Å²) in [5, 5.41) is 14.1. The molecule has 24 heavy (non-hydrogen) atoms. The highest BCUT2D eigenvalue weighted by molar-refractivity contribution is 9.10. The van der Waals surface area contributed by atoms with Gasteiger partial charge in [-0.1, -0.05) is 12.1 Å². The molecule has 1 aliphatic rings. The second kappa shape index (κ2) is 6.66. The van der Waals surface area contributed by atoms with Gasteiger partial charge in [0.1, 0.15) is 15.9 Å². The molecule has 1 saturated heterocycles. The number of piperazine rings is 1. The zero-order valence-corrected chi connectivity index (χ0v) is 15.4. The summed E-state index contributed by atoms with van der Waals surface area (Å²) in [6.45, 7) is 4.83. The Morgan fingerprint density at radius 2 is 2.00 bits per heavy atom. The minimum atomic E-state index is 0.244. The molecule has 0 saturated carbocycles. The third-order valence-corrected chi connectivity index (χ3v) is 5.95. The van der Waals surface area contributed by atoms with Crippen molar-refractivity contribution in [1.29, 1.82) is 0 Å². The Morgan fingerprint density at radius 3 is 2.75 bits per heavy atom. The Hall–Kier alpha value is -1.70. The maximum Gasteiger partial charge on any atom is 0.186 e. The fraction of sp³-hybridized carbons (Fsp3) is 0.294. The van der Waals surface area contributed by atoms with Crippen molar-refractivity contribution < 1.29 is 5.11 Å². The highest BCUT2D eigenvalue weighted by Gasteiger charge is 2.20. The summed E-state index contributed by atoms with van der Waals surface area (Å²) < 4.78 is 0.910. The topological polar surface area (TPSA) is 52.5 Å². The predicted molar refractivity (Wildman–Crippen MR) is 101 cm³/mol. The van der Waals surface area contributed by atoms with Crippen LogP contribution in [0.1, 0.15) is 5.56 Å². The first-order valence-corrected chi connectivity index (χ1v) is 9.52. The number of nitrogens with zero attached hydrogens (tertiary/aromatic N) is 4. The van der Waals surface area contributed by atoms with Crippen LogP contribution in [0.2, 0.25) is 0 Å². The molecule has 0 radical (unpaired) electrons. The standard InChI is InChI=1S/C17H17BrN4OS/c18-15-11-24-17(20-15)22-8-6-21(7-9-22)10-12-3-4-14(23)16-13(12)2-1-5-19-16/h1-5,11,23H,6-10H2. The summed E-state index contributed by atoms with van der Waals surface area (Å²) in [7, 11) is 0. The van der Waals surface area contributed by atoms with Crippen LogP contribution < -0.4 is 4.90 Å². The average molecular weight is 405 g/mol. The van der Waals surface area contributed by atoms with Crippen LogP contribution in [0.5, 0.6) is 5.75 Å². The van der Waals surface area contributed by atoms with E-state index in [2.05, 4.69) is 35.7 Å². The highest BCUT2D eigenvalue weighted by Crippen LogP contribution is 2.28. The van der Waals surface area contributed by atoms with Gasteiger partial charge < -0.3 is 10.0 Å². The lowest BCUT2D eigenvalue weighted by molar-refractivity contribution is 0.250. The van der Waals surface area contributed by atoms with E-state index in [0.717, 1.165) is 47.8 Å². The Morgan fingerprint density at radius 1 is 1.17 bits per heavy atom. The molecule has 1 fully saturated rings. The zero-order valence-electron chi connectivity index (χ0n) is 13.0. The van der Waals surface area contributed by atoms with Gasteiger partial charge in [-0.15, -0.1) is 11.3 Å². The number of anilines is 1. The number of aromatic nitrogens is 2. The normalized spacial score (nSPS) is 16.0. The molecule has 3 aromatic rings. The van der Waals surface area contributed by atoms with E-state index in [1.165, 1.54) is 5.56 Å². The van der Waals surface area contributed by atoms with Crippen molar-refractivity contribution in [2.45, 2.75) is 6.54 Å². The van der Waals surface area contributed by atoms with E-state index in [-0.39, 0.29) is 5.75 Å². The van der Waals surface area contributed by atoms with Gasteiger partial charge in [-0.05, 0) is 33.6 Å². The molecule has 1 N–H and O–H groups in total. The number of thiazole rings is 1. The molecule has 1 aromatic carbocycles.